The maximum absolute atomic E-state index is 10.7. The van der Waals surface area contributed by atoms with Gasteiger partial charge in [-0.1, -0.05) is 12.1 Å². The smallest absolute Gasteiger partial charge is 0.269 e. The fourth-order valence-electron chi connectivity index (χ4n) is 2.46. The van der Waals surface area contributed by atoms with Gasteiger partial charge in [-0.05, 0) is 29.8 Å². The highest BCUT2D eigenvalue weighted by molar-refractivity contribution is 5.85. The van der Waals surface area contributed by atoms with Crippen molar-refractivity contribution < 1.29 is 10.0 Å². The molecule has 0 atom stereocenters. The normalized spacial score (nSPS) is 10.9. The lowest BCUT2D eigenvalue weighted by Gasteiger charge is -1.99. The van der Waals surface area contributed by atoms with Gasteiger partial charge in [-0.2, -0.15) is 9.78 Å². The number of benzene rings is 2. The number of aliphatic hydroxyl groups excluding tert-OH is 1. The number of rotatable bonds is 5. The molecule has 0 aliphatic rings. The van der Waals surface area contributed by atoms with Crippen molar-refractivity contribution in [2.24, 2.45) is 5.10 Å². The number of imidazole rings is 1. The van der Waals surface area contributed by atoms with Crippen molar-refractivity contribution >= 4 is 35.3 Å². The number of hydrogen-bond acceptors (Lipinski definition) is 5. The van der Waals surface area contributed by atoms with Crippen LogP contribution < -0.4 is 5.62 Å². The molecule has 0 saturated heterocycles. The van der Waals surface area contributed by atoms with Crippen molar-refractivity contribution in [1.29, 1.82) is 5.41 Å². The minimum atomic E-state index is -0.458. The van der Waals surface area contributed by atoms with E-state index in [2.05, 4.69) is 5.10 Å². The van der Waals surface area contributed by atoms with Crippen molar-refractivity contribution in [2.75, 3.05) is 6.61 Å². The molecule has 0 radical (unpaired) electrons. The molecule has 1 aromatic heterocycles. The van der Waals surface area contributed by atoms with Crippen LogP contribution in [-0.4, -0.2) is 32.1 Å². The van der Waals surface area contributed by atoms with Crippen LogP contribution in [0.25, 0.3) is 11.0 Å². The average molecular weight is 362 g/mol. The number of hydrogen-bond donors (Lipinski definition) is 2. The number of aliphatic hydroxyl groups is 1. The number of nitrogens with one attached hydrogen (secondary N) is 1. The number of non-ortho nitro benzene ring substituents is 1. The summed E-state index contributed by atoms with van der Waals surface area (Å²) in [4.78, 5) is 10.2. The van der Waals surface area contributed by atoms with Gasteiger partial charge in [0.15, 0.2) is 0 Å². The summed E-state index contributed by atoms with van der Waals surface area (Å²) in [5.41, 5.74) is 2.39. The lowest BCUT2D eigenvalue weighted by atomic mass is 10.2. The van der Waals surface area contributed by atoms with Gasteiger partial charge in [0.1, 0.15) is 0 Å². The van der Waals surface area contributed by atoms with Crippen LogP contribution in [0.15, 0.2) is 53.6 Å². The molecule has 8 nitrogen and oxygen atoms in total. The fraction of sp³-hybridized carbons (Fsp3) is 0.125. The summed E-state index contributed by atoms with van der Waals surface area (Å²) in [6.45, 7) is 0.232. The first-order valence-electron chi connectivity index (χ1n) is 7.26. The van der Waals surface area contributed by atoms with Gasteiger partial charge in [0.05, 0.1) is 28.8 Å². The lowest BCUT2D eigenvalue weighted by molar-refractivity contribution is -0.384. The standard InChI is InChI=1S/C16H15N5O3.ClH/c17-16-19(9-10-22)14-3-1-2-4-15(14)20(16)18-11-12-5-7-13(8-6-12)21(23)24;/h1-8,11,17,22H,9-10H2;1H/b17-16?,18-11+;. The van der Waals surface area contributed by atoms with Crippen molar-refractivity contribution in [3.8, 4) is 0 Å². The van der Waals surface area contributed by atoms with Gasteiger partial charge in [-0.15, -0.1) is 12.4 Å². The molecule has 3 rings (SSSR count). The van der Waals surface area contributed by atoms with E-state index in [4.69, 9.17) is 5.41 Å². The molecule has 0 amide bonds. The third-order valence-corrected chi connectivity index (χ3v) is 3.61. The van der Waals surface area contributed by atoms with Crippen molar-refractivity contribution in [3.63, 3.8) is 0 Å². The van der Waals surface area contributed by atoms with E-state index in [1.54, 1.807) is 16.7 Å². The average Bonchev–Trinajstić information content (AvgIpc) is 2.86. The molecule has 0 aliphatic heterocycles. The Hall–Kier alpha value is -2.97. The Bertz CT molecular complexity index is 976. The Kier molecular flexibility index (Phi) is 5.68. The highest BCUT2D eigenvalue weighted by Gasteiger charge is 2.09. The number of aromatic nitrogens is 2. The first kappa shape index (κ1) is 18.4. The summed E-state index contributed by atoms with van der Waals surface area (Å²) in [5.74, 6) is 0. The molecule has 1 heterocycles. The minimum Gasteiger partial charge on any atom is -0.395 e. The van der Waals surface area contributed by atoms with E-state index in [1.807, 2.05) is 24.3 Å². The van der Waals surface area contributed by atoms with E-state index < -0.39 is 4.92 Å². The second-order valence-corrected chi connectivity index (χ2v) is 5.09. The summed E-state index contributed by atoms with van der Waals surface area (Å²) in [6, 6.07) is 13.4. The molecule has 25 heavy (non-hydrogen) atoms. The Morgan fingerprint density at radius 3 is 2.40 bits per heavy atom. The first-order valence-corrected chi connectivity index (χ1v) is 7.26. The number of para-hydroxylation sites is 2. The maximum Gasteiger partial charge on any atom is 0.269 e. The van der Waals surface area contributed by atoms with Crippen LogP contribution >= 0.6 is 12.4 Å². The zero-order chi connectivity index (χ0) is 17.1. The molecule has 3 aromatic rings. The minimum absolute atomic E-state index is 0. The zero-order valence-electron chi connectivity index (χ0n) is 13.1. The van der Waals surface area contributed by atoms with Gasteiger partial charge in [0, 0.05) is 18.7 Å². The molecule has 2 N–H and O–H groups in total. The van der Waals surface area contributed by atoms with Crippen LogP contribution in [0, 0.1) is 15.5 Å². The number of nitro groups is 1. The maximum atomic E-state index is 10.7. The Morgan fingerprint density at radius 1 is 1.16 bits per heavy atom. The van der Waals surface area contributed by atoms with Crippen LogP contribution in [0.1, 0.15) is 5.56 Å². The summed E-state index contributed by atoms with van der Waals surface area (Å²) in [6.07, 6.45) is 1.54. The molecule has 0 saturated carbocycles. The lowest BCUT2D eigenvalue weighted by Crippen LogP contribution is -2.23. The summed E-state index contributed by atoms with van der Waals surface area (Å²) in [5, 5.41) is 32.4. The Balaban J connectivity index is 0.00000225. The third-order valence-electron chi connectivity index (χ3n) is 3.61. The monoisotopic (exact) mass is 361 g/mol. The van der Waals surface area contributed by atoms with E-state index in [9.17, 15) is 15.2 Å². The van der Waals surface area contributed by atoms with Crippen molar-refractivity contribution in [2.45, 2.75) is 6.54 Å². The predicted molar refractivity (Wildman–Crippen MR) is 96.2 cm³/mol. The highest BCUT2D eigenvalue weighted by atomic mass is 35.5. The van der Waals surface area contributed by atoms with E-state index in [0.717, 1.165) is 11.0 Å². The second-order valence-electron chi connectivity index (χ2n) is 5.09. The third kappa shape index (κ3) is 3.59. The zero-order valence-corrected chi connectivity index (χ0v) is 13.9. The number of halogens is 1. The van der Waals surface area contributed by atoms with E-state index >= 15 is 0 Å². The number of nitro benzene ring substituents is 1. The molecule has 0 spiro atoms. The van der Waals surface area contributed by atoms with Gasteiger partial charge in [-0.25, -0.2) is 0 Å². The van der Waals surface area contributed by atoms with Crippen LogP contribution in [0.3, 0.4) is 0 Å². The molecule has 130 valence electrons. The molecule has 0 aliphatic carbocycles. The second kappa shape index (κ2) is 7.73. The Labute approximate surface area is 148 Å². The van der Waals surface area contributed by atoms with Gasteiger partial charge in [0.2, 0.25) is 5.62 Å². The predicted octanol–water partition coefficient (Wildman–Crippen LogP) is 2.13. The Morgan fingerprint density at radius 2 is 1.80 bits per heavy atom. The van der Waals surface area contributed by atoms with E-state index in [1.165, 1.54) is 23.0 Å². The van der Waals surface area contributed by atoms with Crippen LogP contribution in [0.2, 0.25) is 0 Å². The molecule has 2 aromatic carbocycles. The van der Waals surface area contributed by atoms with Crippen molar-refractivity contribution in [1.82, 2.24) is 9.24 Å². The quantitative estimate of drug-likeness (QED) is 0.412. The van der Waals surface area contributed by atoms with E-state index in [-0.39, 0.29) is 30.3 Å². The number of nitrogens with zero attached hydrogens (tertiary/aromatic N) is 4. The molecular formula is C16H16ClN5O3. The summed E-state index contributed by atoms with van der Waals surface area (Å²) < 4.78 is 3.13. The summed E-state index contributed by atoms with van der Waals surface area (Å²) >= 11 is 0. The fourth-order valence-corrected chi connectivity index (χ4v) is 2.46. The molecule has 9 heteroatoms. The van der Waals surface area contributed by atoms with Gasteiger partial charge < -0.3 is 9.67 Å². The first-order chi connectivity index (χ1) is 11.6. The molecule has 0 bridgehead atoms. The van der Waals surface area contributed by atoms with Crippen LogP contribution in [0.4, 0.5) is 5.69 Å². The van der Waals surface area contributed by atoms with Gasteiger partial charge in [-0.3, -0.25) is 15.5 Å². The van der Waals surface area contributed by atoms with Crippen LogP contribution in [-0.2, 0) is 6.54 Å². The van der Waals surface area contributed by atoms with Gasteiger partial charge in [0.25, 0.3) is 5.69 Å². The molecule has 0 unspecified atom stereocenters. The van der Waals surface area contributed by atoms with E-state index in [0.29, 0.717) is 12.1 Å². The molecular weight excluding hydrogens is 346 g/mol. The topological polar surface area (TPSA) is 109 Å². The summed E-state index contributed by atoms with van der Waals surface area (Å²) in [7, 11) is 0. The number of fused-ring (bicyclic) bond motifs is 1. The van der Waals surface area contributed by atoms with Crippen LogP contribution in [0.5, 0.6) is 0 Å². The highest BCUT2D eigenvalue weighted by Crippen LogP contribution is 2.13. The van der Waals surface area contributed by atoms with Crippen molar-refractivity contribution in [3.05, 3.63) is 69.8 Å². The largest absolute Gasteiger partial charge is 0.395 e. The SMILES string of the molecule is Cl.N=c1n(CCO)c2ccccc2n1/N=C/c1ccc([N+](=O)[O-])cc1. The van der Waals surface area contributed by atoms with Gasteiger partial charge >= 0.3 is 0 Å². The molecule has 0 fully saturated rings.